The third-order valence-corrected chi connectivity index (χ3v) is 7.82. The molecule has 0 aliphatic carbocycles. The van der Waals surface area contributed by atoms with Crippen molar-refractivity contribution < 1.29 is 19.3 Å². The fourth-order valence-electron chi connectivity index (χ4n) is 6.42. The molecule has 2 aromatic carbocycles. The van der Waals surface area contributed by atoms with Crippen LogP contribution in [0, 0.1) is 28.9 Å². The van der Waals surface area contributed by atoms with Crippen LogP contribution in [0.3, 0.4) is 0 Å². The van der Waals surface area contributed by atoms with Gasteiger partial charge in [0.2, 0.25) is 17.7 Å². The summed E-state index contributed by atoms with van der Waals surface area (Å²) in [6.07, 6.45) is 1.52. The van der Waals surface area contributed by atoms with Crippen LogP contribution in [0.25, 0.3) is 0 Å². The predicted molar refractivity (Wildman–Crippen MR) is 119 cm³/mol. The largest absolute Gasteiger partial charge is 0.324 e. The van der Waals surface area contributed by atoms with Gasteiger partial charge in [0.15, 0.2) is 0 Å². The Kier molecular flexibility index (Phi) is 4.07. The fraction of sp³-hybridized carbons (Fsp3) is 0.348. The summed E-state index contributed by atoms with van der Waals surface area (Å²) in [5.74, 6) is -2.71. The minimum atomic E-state index is -1.30. The van der Waals surface area contributed by atoms with E-state index in [9.17, 15) is 24.5 Å². The first-order valence-corrected chi connectivity index (χ1v) is 11.2. The van der Waals surface area contributed by atoms with E-state index in [0.717, 1.165) is 11.3 Å². The number of rotatable bonds is 2. The standard InChI is InChI=1S/C23H19ClN4O5/c1-11-9-13(28(32)33)5-7-16(11)27-20(29)18-17-3-2-8-26(17)23(19(18)21(27)30)14-10-12(24)4-6-15(14)25-22(23)31/h4-7,9-10,17-19H,2-3,8H2,1H3,(H,25,31). The molecule has 1 N–H and O–H groups in total. The third-order valence-electron chi connectivity index (χ3n) is 7.59. The normalized spacial score (nSPS) is 30.1. The summed E-state index contributed by atoms with van der Waals surface area (Å²) in [6.45, 7) is 2.24. The zero-order chi connectivity index (χ0) is 23.2. The molecule has 3 fully saturated rings. The molecule has 10 heteroatoms. The molecule has 0 aromatic heterocycles. The number of fused-ring (bicyclic) bond motifs is 7. The predicted octanol–water partition coefficient (Wildman–Crippen LogP) is 2.99. The Hall–Kier alpha value is -3.30. The van der Waals surface area contributed by atoms with Crippen molar-refractivity contribution in [3.05, 3.63) is 62.7 Å². The summed E-state index contributed by atoms with van der Waals surface area (Å²) in [6, 6.07) is 8.94. The lowest BCUT2D eigenvalue weighted by atomic mass is 9.75. The van der Waals surface area contributed by atoms with Crippen LogP contribution in [0.4, 0.5) is 17.1 Å². The van der Waals surface area contributed by atoms with Gasteiger partial charge < -0.3 is 5.32 Å². The second-order valence-corrected chi connectivity index (χ2v) is 9.49. The number of carbonyl (C=O) groups excluding carboxylic acids is 3. The first-order chi connectivity index (χ1) is 15.8. The van der Waals surface area contributed by atoms with Gasteiger partial charge in [-0.3, -0.25) is 29.4 Å². The highest BCUT2D eigenvalue weighted by atomic mass is 35.5. The van der Waals surface area contributed by atoms with Gasteiger partial charge in [0.1, 0.15) is 5.54 Å². The number of aryl methyl sites for hydroxylation is 1. The maximum absolute atomic E-state index is 13.9. The molecule has 168 valence electrons. The third kappa shape index (κ3) is 2.38. The average Bonchev–Trinajstić information content (AvgIpc) is 3.47. The lowest BCUT2D eigenvalue weighted by Crippen LogP contribution is -2.54. The number of nitrogens with zero attached hydrogens (tertiary/aromatic N) is 3. The summed E-state index contributed by atoms with van der Waals surface area (Å²) in [7, 11) is 0. The van der Waals surface area contributed by atoms with E-state index in [1.807, 2.05) is 4.90 Å². The molecule has 4 unspecified atom stereocenters. The van der Waals surface area contributed by atoms with E-state index >= 15 is 0 Å². The number of amides is 3. The molecule has 2 aromatic rings. The van der Waals surface area contributed by atoms with E-state index in [4.69, 9.17) is 11.6 Å². The summed E-state index contributed by atoms with van der Waals surface area (Å²) in [5.41, 5.74) is 0.566. The van der Waals surface area contributed by atoms with Crippen molar-refractivity contribution in [1.82, 2.24) is 4.90 Å². The van der Waals surface area contributed by atoms with Gasteiger partial charge in [-0.15, -0.1) is 0 Å². The number of nitrogens with one attached hydrogen (secondary N) is 1. The Balaban J connectivity index is 1.53. The van der Waals surface area contributed by atoms with Crippen molar-refractivity contribution in [3.63, 3.8) is 0 Å². The molecule has 0 bridgehead atoms. The van der Waals surface area contributed by atoms with Crippen molar-refractivity contribution in [2.75, 3.05) is 16.8 Å². The molecular weight excluding hydrogens is 448 g/mol. The number of halogens is 1. The minimum Gasteiger partial charge on any atom is -0.324 e. The molecule has 4 atom stereocenters. The summed E-state index contributed by atoms with van der Waals surface area (Å²) >= 11 is 6.29. The molecule has 3 amide bonds. The van der Waals surface area contributed by atoms with Crippen LogP contribution in [-0.4, -0.2) is 40.1 Å². The molecule has 0 radical (unpaired) electrons. The van der Waals surface area contributed by atoms with Crippen molar-refractivity contribution in [2.24, 2.45) is 11.8 Å². The molecule has 0 saturated carbocycles. The Bertz CT molecular complexity index is 1300. The average molecular weight is 467 g/mol. The van der Waals surface area contributed by atoms with Crippen LogP contribution in [-0.2, 0) is 19.9 Å². The molecule has 9 nitrogen and oxygen atoms in total. The molecule has 3 saturated heterocycles. The highest BCUT2D eigenvalue weighted by Gasteiger charge is 2.74. The zero-order valence-electron chi connectivity index (χ0n) is 17.6. The Morgan fingerprint density at radius 1 is 1.15 bits per heavy atom. The van der Waals surface area contributed by atoms with Gasteiger partial charge in [-0.25, -0.2) is 4.90 Å². The maximum atomic E-state index is 13.9. The SMILES string of the molecule is Cc1cc([N+](=O)[O-])ccc1N1C(=O)C2C3CCCN3C3(C(=O)Nc4ccc(Cl)cc43)C2C1=O. The lowest BCUT2D eigenvalue weighted by molar-refractivity contribution is -0.384. The van der Waals surface area contributed by atoms with Crippen LogP contribution in [0.2, 0.25) is 5.02 Å². The number of hydrogen-bond acceptors (Lipinski definition) is 6. The van der Waals surface area contributed by atoms with E-state index in [2.05, 4.69) is 5.32 Å². The molecule has 1 spiro atoms. The minimum absolute atomic E-state index is 0.118. The maximum Gasteiger partial charge on any atom is 0.269 e. The van der Waals surface area contributed by atoms with Crippen LogP contribution in [0.15, 0.2) is 36.4 Å². The van der Waals surface area contributed by atoms with E-state index in [1.54, 1.807) is 25.1 Å². The Labute approximate surface area is 193 Å². The van der Waals surface area contributed by atoms with Crippen molar-refractivity contribution in [1.29, 1.82) is 0 Å². The summed E-state index contributed by atoms with van der Waals surface area (Å²) in [4.78, 5) is 55.0. The van der Waals surface area contributed by atoms with Crippen LogP contribution >= 0.6 is 11.6 Å². The Morgan fingerprint density at radius 2 is 1.94 bits per heavy atom. The van der Waals surface area contributed by atoms with Crippen LogP contribution in [0.5, 0.6) is 0 Å². The molecular formula is C23H19ClN4O5. The second kappa shape index (κ2) is 6.61. The Morgan fingerprint density at radius 3 is 2.67 bits per heavy atom. The topological polar surface area (TPSA) is 113 Å². The van der Waals surface area contributed by atoms with Crippen LogP contribution in [0.1, 0.15) is 24.0 Å². The van der Waals surface area contributed by atoms with E-state index in [-0.39, 0.29) is 23.5 Å². The van der Waals surface area contributed by atoms with E-state index in [1.165, 1.54) is 18.2 Å². The highest BCUT2D eigenvalue weighted by Crippen LogP contribution is 2.61. The van der Waals surface area contributed by atoms with Gasteiger partial charge in [-0.1, -0.05) is 11.6 Å². The molecule has 33 heavy (non-hydrogen) atoms. The van der Waals surface area contributed by atoms with Crippen molar-refractivity contribution in [2.45, 2.75) is 31.3 Å². The van der Waals surface area contributed by atoms with Gasteiger partial charge in [-0.2, -0.15) is 0 Å². The number of carbonyl (C=O) groups is 3. The van der Waals surface area contributed by atoms with Crippen LogP contribution < -0.4 is 10.2 Å². The van der Waals surface area contributed by atoms with E-state index in [0.29, 0.717) is 40.5 Å². The number of benzene rings is 2. The summed E-state index contributed by atoms with van der Waals surface area (Å²) < 4.78 is 0. The highest BCUT2D eigenvalue weighted by molar-refractivity contribution is 6.31. The lowest BCUT2D eigenvalue weighted by Gasteiger charge is -2.36. The molecule has 6 rings (SSSR count). The number of hydrogen-bond donors (Lipinski definition) is 1. The van der Waals surface area contributed by atoms with Gasteiger partial charge in [0, 0.05) is 34.4 Å². The quantitative estimate of drug-likeness (QED) is 0.413. The number of non-ortho nitro benzene ring substituents is 1. The second-order valence-electron chi connectivity index (χ2n) is 9.06. The van der Waals surface area contributed by atoms with Gasteiger partial charge >= 0.3 is 0 Å². The van der Waals surface area contributed by atoms with Crippen molar-refractivity contribution >= 4 is 46.4 Å². The number of imide groups is 1. The van der Waals surface area contributed by atoms with Gasteiger partial charge in [0.05, 0.1) is 22.4 Å². The summed E-state index contributed by atoms with van der Waals surface area (Å²) in [5, 5.41) is 14.5. The molecule has 4 aliphatic heterocycles. The monoisotopic (exact) mass is 466 g/mol. The molecule has 4 heterocycles. The molecule has 4 aliphatic rings. The fourth-order valence-corrected chi connectivity index (χ4v) is 6.59. The van der Waals surface area contributed by atoms with Gasteiger partial charge in [-0.05, 0) is 56.1 Å². The van der Waals surface area contributed by atoms with Crippen molar-refractivity contribution in [3.8, 4) is 0 Å². The number of nitro benzene ring substituents is 1. The van der Waals surface area contributed by atoms with E-state index < -0.39 is 28.2 Å². The zero-order valence-corrected chi connectivity index (χ0v) is 18.3. The number of nitro groups is 1. The first-order valence-electron chi connectivity index (χ1n) is 10.8. The first kappa shape index (κ1) is 20.3. The van der Waals surface area contributed by atoms with Gasteiger partial charge in [0.25, 0.3) is 5.69 Å². The number of anilines is 2. The smallest absolute Gasteiger partial charge is 0.269 e.